The highest BCUT2D eigenvalue weighted by Crippen LogP contribution is 2.18. The first-order chi connectivity index (χ1) is 11.0. The molecule has 0 fully saturated rings. The zero-order chi connectivity index (χ0) is 16.8. The van der Waals surface area contributed by atoms with E-state index in [0.717, 1.165) is 0 Å². The summed E-state index contributed by atoms with van der Waals surface area (Å²) in [4.78, 5) is 11.9. The van der Waals surface area contributed by atoms with Crippen LogP contribution in [-0.4, -0.2) is 17.6 Å². The number of hydrazine groups is 1. The van der Waals surface area contributed by atoms with Crippen LogP contribution in [0.2, 0.25) is 0 Å². The van der Waals surface area contributed by atoms with E-state index in [1.807, 2.05) is 0 Å². The number of carbonyl (C=O) groups excluding carboxylic acids is 1. The number of amides is 1. The van der Waals surface area contributed by atoms with E-state index >= 15 is 0 Å². The van der Waals surface area contributed by atoms with E-state index in [2.05, 4.69) is 22.2 Å². The smallest absolute Gasteiger partial charge is 0.387 e. The van der Waals surface area contributed by atoms with Crippen LogP contribution in [0.4, 0.5) is 8.78 Å². The summed E-state index contributed by atoms with van der Waals surface area (Å²) in [6, 6.07) is 11.8. The molecule has 120 valence electrons. The standard InChI is InChI=1S/C16H14F2N2O3/c1-10(11-6-8-12(9-7-11)23-16(17)18)19-20-15(22)13-4-2-3-5-14(13)21/h2-9,16,19,21H,1H2,(H,20,22). The van der Waals surface area contributed by atoms with Crippen molar-refractivity contribution in [2.45, 2.75) is 6.61 Å². The summed E-state index contributed by atoms with van der Waals surface area (Å²) in [7, 11) is 0. The Hall–Kier alpha value is -3.09. The highest BCUT2D eigenvalue weighted by Gasteiger charge is 2.10. The summed E-state index contributed by atoms with van der Waals surface area (Å²) in [6.45, 7) is 0.837. The number of benzene rings is 2. The van der Waals surface area contributed by atoms with E-state index in [4.69, 9.17) is 0 Å². The first-order valence-electron chi connectivity index (χ1n) is 6.56. The Kier molecular flexibility index (Phi) is 5.14. The third-order valence-corrected chi connectivity index (χ3v) is 2.90. The van der Waals surface area contributed by atoms with Crippen molar-refractivity contribution < 1.29 is 23.4 Å². The van der Waals surface area contributed by atoms with E-state index in [1.54, 1.807) is 12.1 Å². The van der Waals surface area contributed by atoms with Crippen LogP contribution < -0.4 is 15.6 Å². The lowest BCUT2D eigenvalue weighted by Gasteiger charge is -2.12. The van der Waals surface area contributed by atoms with Crippen molar-refractivity contribution >= 4 is 11.6 Å². The third kappa shape index (κ3) is 4.44. The van der Waals surface area contributed by atoms with Crippen molar-refractivity contribution in [3.63, 3.8) is 0 Å². The van der Waals surface area contributed by atoms with E-state index in [9.17, 15) is 18.7 Å². The number of para-hydroxylation sites is 1. The quantitative estimate of drug-likeness (QED) is 0.716. The zero-order valence-electron chi connectivity index (χ0n) is 11.9. The van der Waals surface area contributed by atoms with Crippen molar-refractivity contribution in [1.82, 2.24) is 10.9 Å². The first-order valence-corrected chi connectivity index (χ1v) is 6.56. The molecule has 0 aliphatic carbocycles. The molecule has 0 radical (unpaired) electrons. The summed E-state index contributed by atoms with van der Waals surface area (Å²) in [5, 5.41) is 9.58. The molecule has 1 amide bonds. The van der Waals surface area contributed by atoms with E-state index in [1.165, 1.54) is 36.4 Å². The topological polar surface area (TPSA) is 70.6 Å². The van der Waals surface area contributed by atoms with Gasteiger partial charge in [-0.15, -0.1) is 0 Å². The summed E-state index contributed by atoms with van der Waals surface area (Å²) >= 11 is 0. The number of aromatic hydroxyl groups is 1. The first kappa shape index (κ1) is 16.3. The molecule has 0 bridgehead atoms. The van der Waals surface area contributed by atoms with Gasteiger partial charge in [-0.05, 0) is 42.0 Å². The molecular formula is C16H14F2N2O3. The number of hydrogen-bond acceptors (Lipinski definition) is 4. The maximum atomic E-state index is 12.1. The highest BCUT2D eigenvalue weighted by molar-refractivity contribution is 5.96. The lowest BCUT2D eigenvalue weighted by Crippen LogP contribution is -2.35. The Morgan fingerprint density at radius 3 is 2.35 bits per heavy atom. The van der Waals surface area contributed by atoms with Crippen LogP contribution in [0.15, 0.2) is 55.1 Å². The number of halogens is 2. The number of alkyl halides is 2. The maximum absolute atomic E-state index is 12.1. The Labute approximate surface area is 131 Å². The minimum atomic E-state index is -2.89. The summed E-state index contributed by atoms with van der Waals surface area (Å²) in [6.07, 6.45) is 0. The van der Waals surface area contributed by atoms with Gasteiger partial charge in [0.05, 0.1) is 11.3 Å². The second kappa shape index (κ2) is 7.26. The van der Waals surface area contributed by atoms with E-state index < -0.39 is 12.5 Å². The molecule has 0 aliphatic heterocycles. The number of rotatable bonds is 6. The zero-order valence-corrected chi connectivity index (χ0v) is 11.9. The fourth-order valence-corrected chi connectivity index (χ4v) is 1.77. The summed E-state index contributed by atoms with van der Waals surface area (Å²) < 4.78 is 28.4. The normalized spacial score (nSPS) is 10.2. The summed E-state index contributed by atoms with van der Waals surface area (Å²) in [5.41, 5.74) is 6.00. The van der Waals surface area contributed by atoms with Gasteiger partial charge in [-0.3, -0.25) is 15.6 Å². The van der Waals surface area contributed by atoms with Gasteiger partial charge in [0.15, 0.2) is 0 Å². The molecule has 0 atom stereocenters. The number of nitrogens with one attached hydrogen (secondary N) is 2. The van der Waals surface area contributed by atoms with Crippen molar-refractivity contribution in [1.29, 1.82) is 0 Å². The van der Waals surface area contributed by atoms with Crippen LogP contribution in [-0.2, 0) is 0 Å². The maximum Gasteiger partial charge on any atom is 0.387 e. The van der Waals surface area contributed by atoms with Crippen LogP contribution in [0, 0.1) is 0 Å². The molecule has 23 heavy (non-hydrogen) atoms. The largest absolute Gasteiger partial charge is 0.507 e. The lowest BCUT2D eigenvalue weighted by molar-refractivity contribution is -0.0498. The number of ether oxygens (including phenoxy) is 1. The SMILES string of the molecule is C=C(NNC(=O)c1ccccc1O)c1ccc(OC(F)F)cc1. The van der Waals surface area contributed by atoms with Gasteiger partial charge in [0.1, 0.15) is 11.5 Å². The average molecular weight is 320 g/mol. The molecule has 2 rings (SSSR count). The molecule has 2 aromatic rings. The summed E-state index contributed by atoms with van der Waals surface area (Å²) in [5.74, 6) is -0.664. The predicted octanol–water partition coefficient (Wildman–Crippen LogP) is 2.90. The number of hydrogen-bond donors (Lipinski definition) is 3. The molecule has 5 nitrogen and oxygen atoms in total. The molecule has 0 heterocycles. The van der Waals surface area contributed by atoms with Crippen molar-refractivity contribution in [3.8, 4) is 11.5 Å². The lowest BCUT2D eigenvalue weighted by atomic mass is 10.2. The van der Waals surface area contributed by atoms with Gasteiger partial charge in [-0.1, -0.05) is 18.7 Å². The van der Waals surface area contributed by atoms with Crippen LogP contribution in [0.5, 0.6) is 11.5 Å². The van der Waals surface area contributed by atoms with Crippen LogP contribution >= 0.6 is 0 Å². The predicted molar refractivity (Wildman–Crippen MR) is 80.8 cm³/mol. The van der Waals surface area contributed by atoms with Gasteiger partial charge in [-0.25, -0.2) is 0 Å². The van der Waals surface area contributed by atoms with Gasteiger partial charge in [0.2, 0.25) is 0 Å². The van der Waals surface area contributed by atoms with Gasteiger partial charge < -0.3 is 9.84 Å². The molecule has 2 aromatic carbocycles. The monoisotopic (exact) mass is 320 g/mol. The second-order valence-electron chi connectivity index (χ2n) is 4.48. The minimum Gasteiger partial charge on any atom is -0.507 e. The molecule has 0 saturated carbocycles. The van der Waals surface area contributed by atoms with Gasteiger partial charge in [-0.2, -0.15) is 8.78 Å². The van der Waals surface area contributed by atoms with Crippen LogP contribution in [0.1, 0.15) is 15.9 Å². The molecule has 0 aliphatic rings. The fraction of sp³-hybridized carbons (Fsp3) is 0.0625. The fourth-order valence-electron chi connectivity index (χ4n) is 1.77. The van der Waals surface area contributed by atoms with E-state index in [0.29, 0.717) is 11.3 Å². The average Bonchev–Trinajstić information content (AvgIpc) is 2.53. The van der Waals surface area contributed by atoms with Gasteiger partial charge in [0.25, 0.3) is 5.91 Å². The Bertz CT molecular complexity index is 703. The highest BCUT2D eigenvalue weighted by atomic mass is 19.3. The molecular weight excluding hydrogens is 306 g/mol. The van der Waals surface area contributed by atoms with Crippen LogP contribution in [0.25, 0.3) is 5.70 Å². The Balaban J connectivity index is 1.94. The van der Waals surface area contributed by atoms with Gasteiger partial charge in [0, 0.05) is 0 Å². The minimum absolute atomic E-state index is 0.0230. The molecule has 0 unspecified atom stereocenters. The van der Waals surface area contributed by atoms with E-state index in [-0.39, 0.29) is 17.1 Å². The second-order valence-corrected chi connectivity index (χ2v) is 4.48. The van der Waals surface area contributed by atoms with Crippen molar-refractivity contribution in [2.75, 3.05) is 0 Å². The molecule has 0 spiro atoms. The van der Waals surface area contributed by atoms with Gasteiger partial charge >= 0.3 is 6.61 Å². The number of phenolic OH excluding ortho intramolecular Hbond substituents is 1. The van der Waals surface area contributed by atoms with Crippen molar-refractivity contribution in [2.24, 2.45) is 0 Å². The molecule has 0 saturated heterocycles. The molecule has 0 aromatic heterocycles. The number of phenols is 1. The molecule has 7 heteroatoms. The third-order valence-electron chi connectivity index (χ3n) is 2.90. The van der Waals surface area contributed by atoms with Crippen molar-refractivity contribution in [3.05, 3.63) is 66.2 Å². The Morgan fingerprint density at radius 1 is 1.09 bits per heavy atom. The number of carbonyl (C=O) groups is 1. The Morgan fingerprint density at radius 2 is 1.74 bits per heavy atom. The molecule has 3 N–H and O–H groups in total. The van der Waals surface area contributed by atoms with Crippen LogP contribution in [0.3, 0.4) is 0 Å².